The van der Waals surface area contributed by atoms with Gasteiger partial charge in [0, 0.05) is 20.8 Å². The Morgan fingerprint density at radius 3 is 2.82 bits per heavy atom. The van der Waals surface area contributed by atoms with Crippen molar-refractivity contribution in [2.24, 2.45) is 0 Å². The van der Waals surface area contributed by atoms with Gasteiger partial charge in [0.2, 0.25) is 0 Å². The first kappa shape index (κ1) is 13.6. The number of benzene rings is 1. The van der Waals surface area contributed by atoms with E-state index in [-0.39, 0.29) is 0 Å². The number of methoxy groups -OCH3 is 1. The van der Waals surface area contributed by atoms with Gasteiger partial charge in [0.25, 0.3) is 0 Å². The second kappa shape index (κ2) is 6.38. The molecule has 2 rings (SSSR count). The molecule has 1 aromatic carbocycles. The van der Waals surface area contributed by atoms with Crippen LogP contribution in [0.3, 0.4) is 0 Å². The van der Waals surface area contributed by atoms with Gasteiger partial charge in [0.1, 0.15) is 0 Å². The number of halogens is 2. The standard InChI is InChI=1S/C13H17BrINO/c1-17-13-5-3-2-4-12(13)16-9-6-7-11(15)10(14)8-9/h6-8,12-13,16H,2-5H2,1H3. The Labute approximate surface area is 125 Å². The molecule has 0 radical (unpaired) electrons. The fraction of sp³-hybridized carbons (Fsp3) is 0.538. The number of hydrogen-bond donors (Lipinski definition) is 1. The number of ether oxygens (including phenoxy) is 1. The lowest BCUT2D eigenvalue weighted by atomic mass is 9.92. The second-order valence-electron chi connectivity index (χ2n) is 4.44. The molecule has 0 aromatic heterocycles. The molecular formula is C13H17BrINO. The van der Waals surface area contributed by atoms with Crippen molar-refractivity contribution in [2.75, 3.05) is 12.4 Å². The first-order chi connectivity index (χ1) is 8.20. The highest BCUT2D eigenvalue weighted by molar-refractivity contribution is 14.1. The predicted molar refractivity (Wildman–Crippen MR) is 83.5 cm³/mol. The third-order valence-electron chi connectivity index (χ3n) is 3.28. The van der Waals surface area contributed by atoms with Crippen molar-refractivity contribution >= 4 is 44.2 Å². The molecule has 0 aliphatic heterocycles. The SMILES string of the molecule is COC1CCCCC1Nc1ccc(I)c(Br)c1. The van der Waals surface area contributed by atoms with Crippen molar-refractivity contribution in [3.05, 3.63) is 26.2 Å². The highest BCUT2D eigenvalue weighted by Gasteiger charge is 2.24. The van der Waals surface area contributed by atoms with Gasteiger partial charge in [-0.2, -0.15) is 0 Å². The van der Waals surface area contributed by atoms with E-state index in [1.54, 1.807) is 0 Å². The maximum atomic E-state index is 5.55. The second-order valence-corrected chi connectivity index (χ2v) is 6.45. The van der Waals surface area contributed by atoms with E-state index in [1.165, 1.54) is 34.9 Å². The summed E-state index contributed by atoms with van der Waals surface area (Å²) in [4.78, 5) is 0. The average molecular weight is 410 g/mol. The highest BCUT2D eigenvalue weighted by atomic mass is 127. The van der Waals surface area contributed by atoms with E-state index in [1.807, 2.05) is 7.11 Å². The Hall–Kier alpha value is 0.190. The van der Waals surface area contributed by atoms with E-state index in [0.717, 1.165) is 4.47 Å². The summed E-state index contributed by atoms with van der Waals surface area (Å²) in [7, 11) is 1.81. The van der Waals surface area contributed by atoms with Crippen LogP contribution in [0.5, 0.6) is 0 Å². The Bertz CT molecular complexity index is 386. The van der Waals surface area contributed by atoms with E-state index in [2.05, 4.69) is 62.0 Å². The molecule has 0 bridgehead atoms. The zero-order valence-corrected chi connectivity index (χ0v) is 13.6. The summed E-state index contributed by atoms with van der Waals surface area (Å²) in [5.74, 6) is 0. The Morgan fingerprint density at radius 2 is 2.12 bits per heavy atom. The van der Waals surface area contributed by atoms with Crippen LogP contribution in [0.25, 0.3) is 0 Å². The first-order valence-electron chi connectivity index (χ1n) is 5.95. The summed E-state index contributed by atoms with van der Waals surface area (Å²) in [6.45, 7) is 0. The molecule has 1 saturated carbocycles. The number of anilines is 1. The molecule has 0 spiro atoms. The van der Waals surface area contributed by atoms with Crippen LogP contribution in [0.2, 0.25) is 0 Å². The molecule has 0 saturated heterocycles. The van der Waals surface area contributed by atoms with Gasteiger partial charge < -0.3 is 10.1 Å². The maximum Gasteiger partial charge on any atom is 0.0772 e. The molecule has 94 valence electrons. The van der Waals surface area contributed by atoms with Gasteiger partial charge in [0.05, 0.1) is 12.1 Å². The molecule has 2 atom stereocenters. The normalized spacial score (nSPS) is 24.6. The van der Waals surface area contributed by atoms with E-state index < -0.39 is 0 Å². The van der Waals surface area contributed by atoms with Gasteiger partial charge >= 0.3 is 0 Å². The lowest BCUT2D eigenvalue weighted by Gasteiger charge is -2.31. The van der Waals surface area contributed by atoms with Gasteiger partial charge in [-0.1, -0.05) is 12.8 Å². The summed E-state index contributed by atoms with van der Waals surface area (Å²) in [5, 5.41) is 3.59. The first-order valence-corrected chi connectivity index (χ1v) is 7.82. The van der Waals surface area contributed by atoms with Gasteiger partial charge in [-0.3, -0.25) is 0 Å². The largest absolute Gasteiger partial charge is 0.380 e. The van der Waals surface area contributed by atoms with E-state index in [9.17, 15) is 0 Å². The molecule has 1 aliphatic rings. The lowest BCUT2D eigenvalue weighted by molar-refractivity contribution is 0.0606. The van der Waals surface area contributed by atoms with E-state index in [4.69, 9.17) is 4.74 Å². The number of rotatable bonds is 3. The van der Waals surface area contributed by atoms with Crippen LogP contribution in [0.1, 0.15) is 25.7 Å². The molecule has 2 nitrogen and oxygen atoms in total. The molecule has 0 heterocycles. The summed E-state index contributed by atoms with van der Waals surface area (Å²) in [6, 6.07) is 6.84. The van der Waals surface area contributed by atoms with Crippen LogP contribution in [0, 0.1) is 3.57 Å². The van der Waals surface area contributed by atoms with Crippen LogP contribution in [0.4, 0.5) is 5.69 Å². The van der Waals surface area contributed by atoms with Gasteiger partial charge in [-0.05, 0) is 69.6 Å². The zero-order valence-electron chi connectivity index (χ0n) is 9.88. The van der Waals surface area contributed by atoms with Crippen molar-refractivity contribution < 1.29 is 4.74 Å². The summed E-state index contributed by atoms with van der Waals surface area (Å²) >= 11 is 5.89. The number of nitrogens with one attached hydrogen (secondary N) is 1. The Kier molecular flexibility index (Phi) is 5.11. The Balaban J connectivity index is 2.05. The van der Waals surface area contributed by atoms with Crippen LogP contribution in [-0.4, -0.2) is 19.3 Å². The fourth-order valence-electron chi connectivity index (χ4n) is 2.34. The third-order valence-corrected chi connectivity index (χ3v) is 5.61. The maximum absolute atomic E-state index is 5.55. The number of hydrogen-bond acceptors (Lipinski definition) is 2. The molecular weight excluding hydrogens is 393 g/mol. The van der Waals surface area contributed by atoms with Crippen LogP contribution in [0.15, 0.2) is 22.7 Å². The minimum Gasteiger partial charge on any atom is -0.380 e. The highest BCUT2D eigenvalue weighted by Crippen LogP contribution is 2.27. The minimum absolute atomic E-state index is 0.349. The third kappa shape index (κ3) is 3.58. The summed E-state index contributed by atoms with van der Waals surface area (Å²) < 4.78 is 7.94. The topological polar surface area (TPSA) is 21.3 Å². The van der Waals surface area contributed by atoms with Gasteiger partial charge in [-0.15, -0.1) is 0 Å². The van der Waals surface area contributed by atoms with Crippen molar-refractivity contribution in [1.29, 1.82) is 0 Å². The van der Waals surface area contributed by atoms with Crippen molar-refractivity contribution in [1.82, 2.24) is 0 Å². The Morgan fingerprint density at radius 1 is 1.35 bits per heavy atom. The van der Waals surface area contributed by atoms with Crippen LogP contribution < -0.4 is 5.32 Å². The van der Waals surface area contributed by atoms with Crippen molar-refractivity contribution in [3.63, 3.8) is 0 Å². The van der Waals surface area contributed by atoms with Crippen molar-refractivity contribution in [2.45, 2.75) is 37.8 Å². The fourth-order valence-corrected chi connectivity index (χ4v) is 3.06. The van der Waals surface area contributed by atoms with E-state index in [0.29, 0.717) is 12.1 Å². The smallest absolute Gasteiger partial charge is 0.0772 e. The lowest BCUT2D eigenvalue weighted by Crippen LogP contribution is -2.37. The average Bonchev–Trinajstić information content (AvgIpc) is 2.34. The molecule has 1 fully saturated rings. The van der Waals surface area contributed by atoms with Crippen LogP contribution in [-0.2, 0) is 4.74 Å². The molecule has 1 N–H and O–H groups in total. The van der Waals surface area contributed by atoms with E-state index >= 15 is 0 Å². The van der Waals surface area contributed by atoms with Crippen molar-refractivity contribution in [3.8, 4) is 0 Å². The summed E-state index contributed by atoms with van der Waals surface area (Å²) in [6.07, 6.45) is 5.29. The summed E-state index contributed by atoms with van der Waals surface area (Å²) in [5.41, 5.74) is 1.17. The zero-order chi connectivity index (χ0) is 12.3. The molecule has 2 unspecified atom stereocenters. The van der Waals surface area contributed by atoms with Gasteiger partial charge in [-0.25, -0.2) is 0 Å². The molecule has 0 amide bonds. The van der Waals surface area contributed by atoms with Gasteiger partial charge in [0.15, 0.2) is 0 Å². The molecule has 17 heavy (non-hydrogen) atoms. The minimum atomic E-state index is 0.349. The molecule has 4 heteroatoms. The predicted octanol–water partition coefficient (Wildman–Crippen LogP) is 4.42. The van der Waals surface area contributed by atoms with Crippen LogP contribution >= 0.6 is 38.5 Å². The molecule has 1 aliphatic carbocycles. The monoisotopic (exact) mass is 409 g/mol. The molecule has 1 aromatic rings. The quantitative estimate of drug-likeness (QED) is 0.746.